The average Bonchev–Trinajstić information content (AvgIpc) is 2.61. The molecule has 0 aromatic heterocycles. The highest BCUT2D eigenvalue weighted by atomic mass is 16.3. The third kappa shape index (κ3) is 0.988. The van der Waals surface area contributed by atoms with Gasteiger partial charge in [-0.2, -0.15) is 0 Å². The van der Waals surface area contributed by atoms with Gasteiger partial charge in [0.05, 0.1) is 0 Å². The number of nitrogens with one attached hydrogen (secondary N) is 3. The zero-order valence-electron chi connectivity index (χ0n) is 7.49. The Morgan fingerprint density at radius 1 is 1.14 bits per heavy atom. The van der Waals surface area contributed by atoms with E-state index in [-0.39, 0.29) is 6.17 Å². The van der Waals surface area contributed by atoms with Crippen LogP contribution < -0.4 is 26.6 Å². The van der Waals surface area contributed by atoms with E-state index in [0.717, 1.165) is 16.0 Å². The number of hydrazine groups is 1. The van der Waals surface area contributed by atoms with E-state index in [1.54, 1.807) is 0 Å². The summed E-state index contributed by atoms with van der Waals surface area (Å²) < 4.78 is 0. The van der Waals surface area contributed by atoms with Crippen molar-refractivity contribution >= 4 is 11.8 Å². The van der Waals surface area contributed by atoms with Crippen LogP contribution in [-0.4, -0.2) is 17.5 Å². The monoisotopic (exact) mass is 189 g/mol. The van der Waals surface area contributed by atoms with Crippen LogP contribution in [0.5, 0.6) is 0 Å². The van der Waals surface area contributed by atoms with E-state index < -0.39 is 6.23 Å². The third-order valence-electron chi connectivity index (χ3n) is 2.65. The van der Waals surface area contributed by atoms with E-state index in [1.165, 1.54) is 0 Å². The molecule has 2 heterocycles. The molecule has 2 atom stereocenters. The van der Waals surface area contributed by atoms with Crippen molar-refractivity contribution in [2.45, 2.75) is 12.4 Å². The van der Waals surface area contributed by atoms with Crippen molar-refractivity contribution < 1.29 is 5.11 Å². The molecular weight excluding hydrogens is 178 g/mol. The third-order valence-corrected chi connectivity index (χ3v) is 2.65. The number of aliphatic hydroxyl groups excluding tert-OH is 1. The molecule has 72 valence electrons. The predicted molar refractivity (Wildman–Crippen MR) is 52.8 cm³/mol. The molecule has 4 heteroatoms. The Kier molecular flexibility index (Phi) is 1.61. The molecule has 3 rings (SSSR count). The van der Waals surface area contributed by atoms with Crippen LogP contribution in [0.3, 0.4) is 0 Å². The quantitative estimate of drug-likeness (QED) is 0.379. The summed E-state index contributed by atoms with van der Waals surface area (Å²) in [5.74, 6) is 0. The Morgan fingerprint density at radius 3 is 2.93 bits per heavy atom. The second-order valence-electron chi connectivity index (χ2n) is 3.48. The van der Waals surface area contributed by atoms with Crippen LogP contribution in [0.1, 0.15) is 0 Å². The standard InChI is InChI=1S/C10H11N3O/c14-10-8-7-4-2-1-3-6(7)5-11-9(8)12-13-10/h1-5,9-14H. The molecule has 0 spiro atoms. The van der Waals surface area contributed by atoms with E-state index in [4.69, 9.17) is 0 Å². The first-order valence-electron chi connectivity index (χ1n) is 4.61. The summed E-state index contributed by atoms with van der Waals surface area (Å²) in [6.45, 7) is 0. The minimum Gasteiger partial charge on any atom is -0.373 e. The molecular formula is C10H11N3O. The molecule has 4 nitrogen and oxygen atoms in total. The van der Waals surface area contributed by atoms with Crippen molar-refractivity contribution in [3.05, 3.63) is 34.7 Å². The molecule has 2 unspecified atom stereocenters. The van der Waals surface area contributed by atoms with Gasteiger partial charge in [0, 0.05) is 11.8 Å². The van der Waals surface area contributed by atoms with Crippen LogP contribution in [0.2, 0.25) is 0 Å². The fraction of sp³-hybridized carbons (Fsp3) is 0.200. The van der Waals surface area contributed by atoms with Crippen LogP contribution in [0.25, 0.3) is 11.8 Å². The fourth-order valence-electron chi connectivity index (χ4n) is 1.97. The van der Waals surface area contributed by atoms with E-state index in [2.05, 4.69) is 16.2 Å². The van der Waals surface area contributed by atoms with E-state index in [1.807, 2.05) is 30.5 Å². The Labute approximate surface area is 80.9 Å². The Balaban J connectivity index is 2.37. The van der Waals surface area contributed by atoms with Crippen molar-refractivity contribution in [1.29, 1.82) is 0 Å². The zero-order chi connectivity index (χ0) is 9.54. The first kappa shape index (κ1) is 7.99. The van der Waals surface area contributed by atoms with Crippen molar-refractivity contribution in [3.63, 3.8) is 0 Å². The summed E-state index contributed by atoms with van der Waals surface area (Å²) >= 11 is 0. The molecule has 0 radical (unpaired) electrons. The van der Waals surface area contributed by atoms with Crippen molar-refractivity contribution in [3.8, 4) is 0 Å². The number of benzene rings is 1. The number of rotatable bonds is 0. The minimum absolute atomic E-state index is 0.0000926. The van der Waals surface area contributed by atoms with Crippen LogP contribution in [0, 0.1) is 0 Å². The molecule has 1 aromatic rings. The van der Waals surface area contributed by atoms with Gasteiger partial charge in [-0.15, -0.1) is 0 Å². The average molecular weight is 189 g/mol. The lowest BCUT2D eigenvalue weighted by Gasteiger charge is -2.16. The van der Waals surface area contributed by atoms with E-state index in [9.17, 15) is 5.11 Å². The molecule has 1 saturated heterocycles. The van der Waals surface area contributed by atoms with Gasteiger partial charge in [-0.3, -0.25) is 0 Å². The topological polar surface area (TPSA) is 56.3 Å². The van der Waals surface area contributed by atoms with Gasteiger partial charge in [0.2, 0.25) is 0 Å². The van der Waals surface area contributed by atoms with Crippen LogP contribution in [0.15, 0.2) is 24.3 Å². The first-order chi connectivity index (χ1) is 6.86. The highest BCUT2D eigenvalue weighted by Gasteiger charge is 2.29. The maximum Gasteiger partial charge on any atom is 0.143 e. The molecule has 1 fully saturated rings. The molecule has 2 aliphatic heterocycles. The molecule has 1 aromatic carbocycles. The highest BCUT2D eigenvalue weighted by molar-refractivity contribution is 5.60. The van der Waals surface area contributed by atoms with Crippen molar-refractivity contribution in [2.75, 3.05) is 0 Å². The molecule has 0 aliphatic carbocycles. The summed E-state index contributed by atoms with van der Waals surface area (Å²) in [7, 11) is 0. The van der Waals surface area contributed by atoms with Gasteiger partial charge in [0.15, 0.2) is 0 Å². The number of fused-ring (bicyclic) bond motifs is 2. The lowest BCUT2D eigenvalue weighted by atomic mass is 10.1. The van der Waals surface area contributed by atoms with Gasteiger partial charge in [-0.25, -0.2) is 10.9 Å². The molecule has 14 heavy (non-hydrogen) atoms. The maximum absolute atomic E-state index is 9.71. The Hall–Kier alpha value is -1.36. The van der Waals surface area contributed by atoms with E-state index >= 15 is 0 Å². The number of hydrogen-bond acceptors (Lipinski definition) is 4. The summed E-state index contributed by atoms with van der Waals surface area (Å²) in [5.41, 5.74) is 6.72. The predicted octanol–water partition coefficient (Wildman–Crippen LogP) is -2.07. The fourth-order valence-corrected chi connectivity index (χ4v) is 1.97. The molecule has 4 N–H and O–H groups in total. The zero-order valence-corrected chi connectivity index (χ0v) is 7.49. The lowest BCUT2D eigenvalue weighted by Crippen LogP contribution is -2.46. The normalized spacial score (nSPS) is 28.8. The van der Waals surface area contributed by atoms with Gasteiger partial charge >= 0.3 is 0 Å². The molecule has 0 amide bonds. The summed E-state index contributed by atoms with van der Waals surface area (Å²) in [6, 6.07) is 8.01. The largest absolute Gasteiger partial charge is 0.373 e. The Morgan fingerprint density at radius 2 is 2.00 bits per heavy atom. The van der Waals surface area contributed by atoms with Gasteiger partial charge in [-0.1, -0.05) is 24.3 Å². The van der Waals surface area contributed by atoms with Crippen molar-refractivity contribution in [2.24, 2.45) is 0 Å². The molecule has 0 bridgehead atoms. The second-order valence-corrected chi connectivity index (χ2v) is 3.48. The van der Waals surface area contributed by atoms with Crippen molar-refractivity contribution in [1.82, 2.24) is 16.2 Å². The van der Waals surface area contributed by atoms with Gasteiger partial charge in [0.25, 0.3) is 0 Å². The first-order valence-corrected chi connectivity index (χ1v) is 4.61. The van der Waals surface area contributed by atoms with E-state index in [0.29, 0.717) is 0 Å². The second kappa shape index (κ2) is 2.81. The number of aliphatic hydroxyl groups is 1. The highest BCUT2D eigenvalue weighted by Crippen LogP contribution is 2.09. The maximum atomic E-state index is 9.71. The van der Waals surface area contributed by atoms with Gasteiger partial charge in [0.1, 0.15) is 12.4 Å². The van der Waals surface area contributed by atoms with Gasteiger partial charge < -0.3 is 10.4 Å². The van der Waals surface area contributed by atoms with Crippen LogP contribution >= 0.6 is 0 Å². The summed E-state index contributed by atoms with van der Waals surface area (Å²) in [6.07, 6.45) is 1.35. The smallest absolute Gasteiger partial charge is 0.143 e. The van der Waals surface area contributed by atoms with Crippen LogP contribution in [-0.2, 0) is 0 Å². The molecule has 2 aliphatic rings. The lowest BCUT2D eigenvalue weighted by molar-refractivity contribution is 0.196. The Bertz CT molecular complexity index is 482. The molecule has 0 saturated carbocycles. The van der Waals surface area contributed by atoms with Crippen LogP contribution in [0.4, 0.5) is 0 Å². The summed E-state index contributed by atoms with van der Waals surface area (Å²) in [4.78, 5) is 0. The SMILES string of the molecule is OC1NNC2NC=c3ccccc3=C12. The minimum atomic E-state index is -0.609. The van der Waals surface area contributed by atoms with Gasteiger partial charge in [-0.05, 0) is 10.4 Å². The number of hydrogen-bond donors (Lipinski definition) is 4. The summed E-state index contributed by atoms with van der Waals surface area (Å²) in [5, 5.41) is 15.1.